The Morgan fingerprint density at radius 2 is 1.93 bits per heavy atom. The average Bonchev–Trinajstić information content (AvgIpc) is 3.45. The van der Waals surface area contributed by atoms with E-state index >= 15 is 0 Å². The van der Waals surface area contributed by atoms with Crippen LogP contribution in [-0.2, 0) is 6.54 Å². The molecule has 152 valence electrons. The molecule has 0 N–H and O–H groups in total. The lowest BCUT2D eigenvalue weighted by molar-refractivity contribution is 0.0614. The number of hydrogen-bond acceptors (Lipinski definition) is 8. The monoisotopic (exact) mass is 414 g/mol. The van der Waals surface area contributed by atoms with Crippen molar-refractivity contribution in [3.05, 3.63) is 46.5 Å². The normalized spacial score (nSPS) is 14.8. The lowest BCUT2D eigenvalue weighted by Gasteiger charge is -2.34. The molecule has 1 aliphatic heterocycles. The number of amides is 1. The first-order valence-corrected chi connectivity index (χ1v) is 10.2. The molecule has 1 aromatic carbocycles. The molecule has 1 amide bonds. The second-order valence-corrected chi connectivity index (χ2v) is 7.44. The third kappa shape index (κ3) is 4.25. The molecule has 8 nitrogen and oxygen atoms in total. The van der Waals surface area contributed by atoms with E-state index in [-0.39, 0.29) is 5.91 Å². The van der Waals surface area contributed by atoms with Crippen LogP contribution in [0.25, 0.3) is 11.4 Å². The summed E-state index contributed by atoms with van der Waals surface area (Å²) in [4.78, 5) is 21.4. The van der Waals surface area contributed by atoms with Crippen LogP contribution in [-0.4, -0.2) is 66.2 Å². The average molecular weight is 414 g/mol. The van der Waals surface area contributed by atoms with Crippen LogP contribution in [0.3, 0.4) is 0 Å². The van der Waals surface area contributed by atoms with Crippen LogP contribution in [0.2, 0.25) is 0 Å². The topological polar surface area (TPSA) is 80.9 Å². The van der Waals surface area contributed by atoms with Crippen molar-refractivity contribution in [1.82, 2.24) is 19.9 Å². The Kier molecular flexibility index (Phi) is 5.77. The van der Waals surface area contributed by atoms with Gasteiger partial charge in [0, 0.05) is 42.7 Å². The SMILES string of the molecule is COc1ccc(C(=O)N2CCN(Cc3nc(-c4ccsc4)no3)CC2)cc1OC. The highest BCUT2D eigenvalue weighted by molar-refractivity contribution is 7.08. The molecule has 3 heterocycles. The van der Waals surface area contributed by atoms with E-state index in [4.69, 9.17) is 14.0 Å². The minimum Gasteiger partial charge on any atom is -0.493 e. The third-order valence-corrected chi connectivity index (χ3v) is 5.58. The van der Waals surface area contributed by atoms with Crippen LogP contribution in [0.4, 0.5) is 0 Å². The zero-order valence-electron chi connectivity index (χ0n) is 16.3. The zero-order valence-corrected chi connectivity index (χ0v) is 17.1. The molecular weight excluding hydrogens is 392 g/mol. The van der Waals surface area contributed by atoms with E-state index in [0.717, 1.165) is 18.7 Å². The molecule has 0 saturated carbocycles. The van der Waals surface area contributed by atoms with Gasteiger partial charge in [-0.15, -0.1) is 0 Å². The van der Waals surface area contributed by atoms with E-state index in [9.17, 15) is 4.79 Å². The second kappa shape index (κ2) is 8.62. The molecule has 1 saturated heterocycles. The van der Waals surface area contributed by atoms with Gasteiger partial charge in [-0.05, 0) is 29.6 Å². The third-order valence-electron chi connectivity index (χ3n) is 4.90. The Morgan fingerprint density at radius 3 is 2.62 bits per heavy atom. The van der Waals surface area contributed by atoms with Crippen molar-refractivity contribution in [3.63, 3.8) is 0 Å². The predicted octanol–water partition coefficient (Wildman–Crippen LogP) is 2.77. The summed E-state index contributed by atoms with van der Waals surface area (Å²) in [5.74, 6) is 2.35. The highest BCUT2D eigenvalue weighted by atomic mass is 32.1. The van der Waals surface area contributed by atoms with Gasteiger partial charge in [0.1, 0.15) is 0 Å². The Bertz CT molecular complexity index is 965. The van der Waals surface area contributed by atoms with Crippen LogP contribution in [0.5, 0.6) is 11.5 Å². The maximum atomic E-state index is 12.8. The molecule has 2 aromatic heterocycles. The van der Waals surface area contributed by atoms with Crippen LogP contribution < -0.4 is 9.47 Å². The van der Waals surface area contributed by atoms with Gasteiger partial charge in [0.25, 0.3) is 5.91 Å². The number of thiophene rings is 1. The van der Waals surface area contributed by atoms with Gasteiger partial charge < -0.3 is 18.9 Å². The van der Waals surface area contributed by atoms with E-state index < -0.39 is 0 Å². The number of hydrogen-bond donors (Lipinski definition) is 0. The smallest absolute Gasteiger partial charge is 0.254 e. The predicted molar refractivity (Wildman–Crippen MR) is 108 cm³/mol. The summed E-state index contributed by atoms with van der Waals surface area (Å²) in [6, 6.07) is 7.21. The Morgan fingerprint density at radius 1 is 1.14 bits per heavy atom. The number of nitrogens with zero attached hydrogens (tertiary/aromatic N) is 4. The Labute approximate surface area is 172 Å². The van der Waals surface area contributed by atoms with E-state index in [1.54, 1.807) is 43.8 Å². The van der Waals surface area contributed by atoms with Gasteiger partial charge in [-0.25, -0.2) is 0 Å². The number of ether oxygens (including phenoxy) is 2. The quantitative estimate of drug-likeness (QED) is 0.613. The summed E-state index contributed by atoms with van der Waals surface area (Å²) < 4.78 is 15.9. The zero-order chi connectivity index (χ0) is 20.2. The molecule has 29 heavy (non-hydrogen) atoms. The van der Waals surface area contributed by atoms with Gasteiger partial charge in [0.2, 0.25) is 11.7 Å². The van der Waals surface area contributed by atoms with Crippen molar-refractivity contribution in [2.45, 2.75) is 6.54 Å². The number of aromatic nitrogens is 2. The first-order chi connectivity index (χ1) is 14.2. The summed E-state index contributed by atoms with van der Waals surface area (Å²) in [5, 5.41) is 8.02. The first kappa shape index (κ1) is 19.4. The van der Waals surface area contributed by atoms with E-state index in [1.165, 1.54) is 0 Å². The Hall–Kier alpha value is -2.91. The van der Waals surface area contributed by atoms with Gasteiger partial charge >= 0.3 is 0 Å². The van der Waals surface area contributed by atoms with Crippen LogP contribution >= 0.6 is 11.3 Å². The lowest BCUT2D eigenvalue weighted by atomic mass is 10.1. The van der Waals surface area contributed by atoms with Crippen molar-refractivity contribution in [2.75, 3.05) is 40.4 Å². The minimum atomic E-state index is -0.0110. The summed E-state index contributed by atoms with van der Waals surface area (Å²) in [5.41, 5.74) is 1.56. The van der Waals surface area contributed by atoms with Gasteiger partial charge in [0.15, 0.2) is 11.5 Å². The first-order valence-electron chi connectivity index (χ1n) is 9.26. The molecule has 9 heteroatoms. The van der Waals surface area contributed by atoms with Crippen LogP contribution in [0, 0.1) is 0 Å². The minimum absolute atomic E-state index is 0.0110. The number of carbonyl (C=O) groups excluding carboxylic acids is 1. The summed E-state index contributed by atoms with van der Waals surface area (Å²) in [6.07, 6.45) is 0. The maximum Gasteiger partial charge on any atom is 0.254 e. The number of carbonyl (C=O) groups is 1. The van der Waals surface area contributed by atoms with E-state index in [0.29, 0.717) is 48.4 Å². The number of piperazine rings is 1. The molecule has 0 unspecified atom stereocenters. The summed E-state index contributed by atoms with van der Waals surface area (Å²) >= 11 is 1.60. The largest absolute Gasteiger partial charge is 0.493 e. The summed E-state index contributed by atoms with van der Waals surface area (Å²) in [6.45, 7) is 3.34. The highest BCUT2D eigenvalue weighted by Gasteiger charge is 2.24. The van der Waals surface area contributed by atoms with Crippen LogP contribution in [0.15, 0.2) is 39.5 Å². The maximum absolute atomic E-state index is 12.8. The van der Waals surface area contributed by atoms with Gasteiger partial charge in [-0.3, -0.25) is 9.69 Å². The van der Waals surface area contributed by atoms with Crippen LogP contribution in [0.1, 0.15) is 16.2 Å². The molecule has 3 aromatic rings. The fourth-order valence-electron chi connectivity index (χ4n) is 3.28. The highest BCUT2D eigenvalue weighted by Crippen LogP contribution is 2.28. The number of benzene rings is 1. The molecular formula is C20H22N4O4S. The van der Waals surface area contributed by atoms with Gasteiger partial charge in [-0.1, -0.05) is 5.16 Å². The molecule has 4 rings (SSSR count). The van der Waals surface area contributed by atoms with Crippen molar-refractivity contribution in [2.24, 2.45) is 0 Å². The van der Waals surface area contributed by atoms with E-state index in [1.807, 2.05) is 21.7 Å². The molecule has 0 aliphatic carbocycles. The summed E-state index contributed by atoms with van der Waals surface area (Å²) in [7, 11) is 3.14. The van der Waals surface area contributed by atoms with Crippen molar-refractivity contribution in [3.8, 4) is 22.9 Å². The number of methoxy groups -OCH3 is 2. The fraction of sp³-hybridized carbons (Fsp3) is 0.350. The molecule has 0 radical (unpaired) electrons. The van der Waals surface area contributed by atoms with E-state index in [2.05, 4.69) is 15.0 Å². The standard InChI is InChI=1S/C20H22N4O4S/c1-26-16-4-3-14(11-17(16)27-2)20(25)24-8-6-23(7-9-24)12-18-21-19(22-28-18)15-5-10-29-13-15/h3-5,10-11,13H,6-9,12H2,1-2H3. The van der Waals surface area contributed by atoms with Gasteiger partial charge in [-0.2, -0.15) is 16.3 Å². The molecule has 1 aliphatic rings. The van der Waals surface area contributed by atoms with Crippen molar-refractivity contribution >= 4 is 17.2 Å². The molecule has 1 fully saturated rings. The Balaban J connectivity index is 1.34. The lowest BCUT2D eigenvalue weighted by Crippen LogP contribution is -2.48. The molecule has 0 spiro atoms. The van der Waals surface area contributed by atoms with Crippen molar-refractivity contribution < 1.29 is 18.8 Å². The van der Waals surface area contributed by atoms with Gasteiger partial charge in [0.05, 0.1) is 20.8 Å². The second-order valence-electron chi connectivity index (χ2n) is 6.66. The number of rotatable bonds is 6. The van der Waals surface area contributed by atoms with Crippen molar-refractivity contribution in [1.29, 1.82) is 0 Å². The molecule has 0 atom stereocenters. The molecule has 0 bridgehead atoms. The fourth-order valence-corrected chi connectivity index (χ4v) is 3.91.